The number of carboxylic acids is 1. The number of halogens is 2. The lowest BCUT2D eigenvalue weighted by Crippen LogP contribution is -2.56. The van der Waals surface area contributed by atoms with Crippen molar-refractivity contribution >= 4 is 46.8 Å². The van der Waals surface area contributed by atoms with Gasteiger partial charge in [0.15, 0.2) is 35.0 Å². The summed E-state index contributed by atoms with van der Waals surface area (Å²) in [7, 11) is 0. The van der Waals surface area contributed by atoms with Crippen molar-refractivity contribution in [3.05, 3.63) is 164 Å². The van der Waals surface area contributed by atoms with Crippen LogP contribution in [-0.2, 0) is 35.6 Å². The molecule has 62 heavy (non-hydrogen) atoms. The zero-order chi connectivity index (χ0) is 43.7. The molecule has 0 saturated heterocycles. The number of ether oxygens (including phenoxy) is 3. The van der Waals surface area contributed by atoms with E-state index in [1.165, 1.54) is 11.8 Å². The third-order valence-corrected chi connectivity index (χ3v) is 11.7. The second-order valence-electron chi connectivity index (χ2n) is 15.3. The number of amides is 2. The monoisotopic (exact) mass is 873 g/mol. The van der Waals surface area contributed by atoms with Gasteiger partial charge in [-0.2, -0.15) is 0 Å². The third kappa shape index (κ3) is 9.17. The van der Waals surface area contributed by atoms with Crippen LogP contribution in [0.25, 0.3) is 11.1 Å². The van der Waals surface area contributed by atoms with Gasteiger partial charge in [0.25, 0.3) is 5.91 Å². The quantitative estimate of drug-likeness (QED) is 0.114. The first-order valence-electron chi connectivity index (χ1n) is 19.9. The van der Waals surface area contributed by atoms with Gasteiger partial charge in [-0.25, -0.2) is 9.78 Å². The van der Waals surface area contributed by atoms with Crippen molar-refractivity contribution in [2.75, 3.05) is 6.61 Å². The van der Waals surface area contributed by atoms with Gasteiger partial charge in [0.05, 0.1) is 10.0 Å². The van der Waals surface area contributed by atoms with Gasteiger partial charge in [0.1, 0.15) is 36.8 Å². The standard InChI is InChI=1S/C48H41Cl2N3O9/c1-26(54)31-9-11-33(12-10-31)32-7-4-29(5-8-32)19-40(48(57)58)52-46(55)41-20-35-21-42-43(22-36(35)23-53(41)47(56)45-27(2)61-28(3)51-45)62-44(25-60-42)34-13-15-37(16-14-34)59-24-30-6-17-38(49)39(50)18-30/h4-18,21-22,40-41,44H,19-20,23-25H2,1-3H3,(H,52,55)(H,57,58). The van der Waals surface area contributed by atoms with Crippen LogP contribution in [0.5, 0.6) is 17.2 Å². The number of carbonyl (C=O) groups excluding carboxylic acids is 3. The minimum absolute atomic E-state index is 0.00218. The highest BCUT2D eigenvalue weighted by Crippen LogP contribution is 2.41. The minimum atomic E-state index is -1.29. The summed E-state index contributed by atoms with van der Waals surface area (Å²) in [5, 5.41) is 13.9. The topological polar surface area (TPSA) is 158 Å². The summed E-state index contributed by atoms with van der Waals surface area (Å²) in [4.78, 5) is 58.4. The van der Waals surface area contributed by atoms with Gasteiger partial charge in [0, 0.05) is 31.9 Å². The Hall–Kier alpha value is -6.63. The molecule has 8 rings (SSSR count). The number of aliphatic carboxylic acids is 1. The van der Waals surface area contributed by atoms with Crippen LogP contribution in [0.4, 0.5) is 0 Å². The molecule has 3 heterocycles. The zero-order valence-electron chi connectivity index (χ0n) is 33.9. The van der Waals surface area contributed by atoms with Crippen LogP contribution in [0.1, 0.15) is 73.3 Å². The smallest absolute Gasteiger partial charge is 0.326 e. The van der Waals surface area contributed by atoms with Crippen LogP contribution in [0.2, 0.25) is 10.0 Å². The Labute approximate surface area is 367 Å². The molecule has 2 aliphatic heterocycles. The second kappa shape index (κ2) is 17.8. The van der Waals surface area contributed by atoms with Crippen LogP contribution in [0, 0.1) is 13.8 Å². The molecule has 2 amide bonds. The van der Waals surface area contributed by atoms with Crippen molar-refractivity contribution < 1.29 is 42.9 Å². The molecule has 0 aliphatic carbocycles. The molecule has 0 fully saturated rings. The van der Waals surface area contributed by atoms with E-state index in [9.17, 15) is 24.3 Å². The Bertz CT molecular complexity index is 2680. The lowest BCUT2D eigenvalue weighted by molar-refractivity contribution is -0.142. The van der Waals surface area contributed by atoms with Gasteiger partial charge in [0.2, 0.25) is 5.91 Å². The summed E-state index contributed by atoms with van der Waals surface area (Å²) >= 11 is 12.2. The molecular formula is C48H41Cl2N3O9. The number of aromatic nitrogens is 1. The number of hydrogen-bond acceptors (Lipinski definition) is 9. The highest BCUT2D eigenvalue weighted by Gasteiger charge is 2.39. The molecule has 6 aromatic rings. The summed E-state index contributed by atoms with van der Waals surface area (Å²) in [6.07, 6.45) is -0.359. The molecule has 3 atom stereocenters. The Morgan fingerprint density at radius 1 is 0.855 bits per heavy atom. The molecule has 0 bridgehead atoms. The molecule has 2 aliphatic rings. The molecule has 316 valence electrons. The molecule has 0 radical (unpaired) electrons. The van der Waals surface area contributed by atoms with Gasteiger partial charge in [-0.3, -0.25) is 14.4 Å². The Morgan fingerprint density at radius 2 is 1.53 bits per heavy atom. The van der Waals surface area contributed by atoms with Gasteiger partial charge in [-0.15, -0.1) is 0 Å². The zero-order valence-corrected chi connectivity index (χ0v) is 35.5. The fourth-order valence-corrected chi connectivity index (χ4v) is 7.96. The summed E-state index contributed by atoms with van der Waals surface area (Å²) in [5.41, 5.74) is 6.38. The second-order valence-corrected chi connectivity index (χ2v) is 16.1. The number of fused-ring (bicyclic) bond motifs is 2. The van der Waals surface area contributed by atoms with Gasteiger partial charge < -0.3 is 34.0 Å². The van der Waals surface area contributed by atoms with E-state index in [1.807, 2.05) is 66.7 Å². The fourth-order valence-electron chi connectivity index (χ4n) is 7.64. The van der Waals surface area contributed by atoms with Crippen molar-refractivity contribution in [3.8, 4) is 28.4 Å². The molecule has 14 heteroatoms. The SMILES string of the molecule is CC(=O)c1ccc(-c2ccc(CC(NC(=O)C3Cc4cc5c(cc4CN3C(=O)c3nc(C)oc3C)OC(c3ccc(OCc4ccc(Cl)c(Cl)c4)cc3)CO5)C(=O)O)cc2)cc1. The van der Waals surface area contributed by atoms with E-state index in [2.05, 4.69) is 10.3 Å². The van der Waals surface area contributed by atoms with Crippen molar-refractivity contribution in [2.45, 2.75) is 65.0 Å². The first kappa shape index (κ1) is 42.1. The van der Waals surface area contributed by atoms with E-state index >= 15 is 0 Å². The molecule has 0 saturated carbocycles. The number of nitrogens with one attached hydrogen (secondary N) is 1. The van der Waals surface area contributed by atoms with Crippen LogP contribution in [0.15, 0.2) is 108 Å². The predicted octanol–water partition coefficient (Wildman–Crippen LogP) is 8.94. The van der Waals surface area contributed by atoms with E-state index in [0.29, 0.717) is 56.7 Å². The molecule has 0 spiro atoms. The summed E-state index contributed by atoms with van der Waals surface area (Å²) in [5.74, 6) is -0.179. The molecule has 3 unspecified atom stereocenters. The number of carbonyl (C=O) groups is 4. The summed E-state index contributed by atoms with van der Waals surface area (Å²) < 4.78 is 24.2. The third-order valence-electron chi connectivity index (χ3n) is 11.0. The highest BCUT2D eigenvalue weighted by molar-refractivity contribution is 6.42. The fraction of sp³-hybridized carbons (Fsp3) is 0.229. The molecule has 1 aromatic heterocycles. The normalized spacial score (nSPS) is 15.9. The van der Waals surface area contributed by atoms with Crippen LogP contribution in [-0.4, -0.2) is 57.2 Å². The Morgan fingerprint density at radius 3 is 2.18 bits per heavy atom. The van der Waals surface area contributed by atoms with E-state index in [0.717, 1.165) is 33.4 Å². The average Bonchev–Trinajstić information content (AvgIpc) is 3.62. The van der Waals surface area contributed by atoms with Crippen molar-refractivity contribution in [1.82, 2.24) is 15.2 Å². The number of benzene rings is 5. The van der Waals surface area contributed by atoms with Crippen LogP contribution >= 0.6 is 23.2 Å². The number of carboxylic acid groups (broad SMARTS) is 1. The van der Waals surface area contributed by atoms with Crippen LogP contribution < -0.4 is 19.5 Å². The largest absolute Gasteiger partial charge is 0.489 e. The van der Waals surface area contributed by atoms with E-state index in [4.69, 9.17) is 41.8 Å². The predicted molar refractivity (Wildman–Crippen MR) is 231 cm³/mol. The summed E-state index contributed by atoms with van der Waals surface area (Å²) in [6, 6.07) is 28.7. The first-order valence-corrected chi connectivity index (χ1v) is 20.7. The maximum Gasteiger partial charge on any atom is 0.326 e. The number of hydrogen-bond donors (Lipinski definition) is 2. The van der Waals surface area contributed by atoms with Crippen molar-refractivity contribution in [3.63, 3.8) is 0 Å². The number of aryl methyl sites for hydroxylation is 2. The maximum atomic E-state index is 14.2. The first-order chi connectivity index (χ1) is 29.8. The summed E-state index contributed by atoms with van der Waals surface area (Å²) in [6.45, 7) is 5.32. The number of Topliss-reactive ketones (excluding diaryl/α,β-unsaturated/α-hetero) is 1. The van der Waals surface area contributed by atoms with E-state index < -0.39 is 36.0 Å². The van der Waals surface area contributed by atoms with Crippen molar-refractivity contribution in [1.29, 1.82) is 0 Å². The molecule has 2 N–H and O–H groups in total. The minimum Gasteiger partial charge on any atom is -0.489 e. The van der Waals surface area contributed by atoms with Crippen LogP contribution in [0.3, 0.4) is 0 Å². The number of rotatable bonds is 12. The molecule has 5 aromatic carbocycles. The molecule has 12 nitrogen and oxygen atoms in total. The maximum absolute atomic E-state index is 14.2. The molecular weight excluding hydrogens is 833 g/mol. The average molecular weight is 875 g/mol. The number of oxazole rings is 1. The van der Waals surface area contributed by atoms with Crippen molar-refractivity contribution in [2.24, 2.45) is 0 Å². The van der Waals surface area contributed by atoms with Gasteiger partial charge in [-0.1, -0.05) is 89.9 Å². The van der Waals surface area contributed by atoms with Gasteiger partial charge in [-0.05, 0) is 89.2 Å². The lowest BCUT2D eigenvalue weighted by atomic mass is 9.91. The van der Waals surface area contributed by atoms with E-state index in [-0.39, 0.29) is 37.5 Å². The van der Waals surface area contributed by atoms with E-state index in [1.54, 1.807) is 50.2 Å². The Kier molecular flexibility index (Phi) is 12.1. The highest BCUT2D eigenvalue weighted by atomic mass is 35.5. The number of nitrogens with zero attached hydrogens (tertiary/aromatic N) is 2. The van der Waals surface area contributed by atoms with Gasteiger partial charge >= 0.3 is 5.97 Å². The lowest BCUT2D eigenvalue weighted by Gasteiger charge is -2.37. The number of ketones is 1. The Balaban J connectivity index is 0.983.